The molecule has 0 unspecified atom stereocenters. The molecule has 0 spiro atoms. The first-order valence-electron chi connectivity index (χ1n) is 4.12. The average Bonchev–Trinajstić information content (AvgIpc) is 2.14. The molecule has 0 aliphatic rings. The van der Waals surface area contributed by atoms with Crippen LogP contribution in [0.25, 0.3) is 0 Å². The third kappa shape index (κ3) is 1.74. The number of aromatic hydroxyl groups is 1. The highest BCUT2D eigenvalue weighted by atomic mass is 79.9. The molecule has 1 aromatic carbocycles. The minimum absolute atomic E-state index is 0.0808. The minimum atomic E-state index is -0.785. The Morgan fingerprint density at radius 3 is 2.64 bits per heavy atom. The van der Waals surface area contributed by atoms with E-state index in [1.165, 1.54) is 0 Å². The van der Waals surface area contributed by atoms with Crippen LogP contribution in [0, 0.1) is 25.2 Å². The average molecular weight is 255 g/mol. The fourth-order valence-electron chi connectivity index (χ4n) is 1.41. The normalized spacial score (nSPS) is 12.2. The van der Waals surface area contributed by atoms with E-state index in [-0.39, 0.29) is 5.75 Å². The minimum Gasteiger partial charge on any atom is -0.508 e. The standard InChI is InChI=1S/C10H11BrN2O/c1-5-3-8(14)9(7(13)4-12)6(2)10(5)11/h3,7,14H,13H2,1-2H3/t7-/m1/s1. The summed E-state index contributed by atoms with van der Waals surface area (Å²) in [7, 11) is 0. The number of phenols is 1. The summed E-state index contributed by atoms with van der Waals surface area (Å²) < 4.78 is 0.885. The molecule has 0 radical (unpaired) electrons. The third-order valence-corrected chi connectivity index (χ3v) is 3.38. The zero-order chi connectivity index (χ0) is 10.9. The van der Waals surface area contributed by atoms with Crippen molar-refractivity contribution in [2.45, 2.75) is 19.9 Å². The van der Waals surface area contributed by atoms with Crippen LogP contribution in [0.1, 0.15) is 22.7 Å². The van der Waals surface area contributed by atoms with Gasteiger partial charge in [0, 0.05) is 10.0 Å². The van der Waals surface area contributed by atoms with Gasteiger partial charge in [-0.1, -0.05) is 15.9 Å². The highest BCUT2D eigenvalue weighted by Gasteiger charge is 2.16. The van der Waals surface area contributed by atoms with Crippen molar-refractivity contribution < 1.29 is 5.11 Å². The number of benzene rings is 1. The SMILES string of the molecule is Cc1cc(O)c([C@H](N)C#N)c(C)c1Br. The second-order valence-electron chi connectivity index (χ2n) is 3.17. The van der Waals surface area contributed by atoms with Crippen LogP contribution in [0.15, 0.2) is 10.5 Å². The summed E-state index contributed by atoms with van der Waals surface area (Å²) in [5.41, 5.74) is 7.80. The van der Waals surface area contributed by atoms with E-state index in [4.69, 9.17) is 11.0 Å². The number of nitrogens with zero attached hydrogens (tertiary/aromatic N) is 1. The maximum atomic E-state index is 9.65. The van der Waals surface area contributed by atoms with Crippen LogP contribution in [0.2, 0.25) is 0 Å². The van der Waals surface area contributed by atoms with Gasteiger partial charge in [-0.2, -0.15) is 5.26 Å². The highest BCUT2D eigenvalue weighted by Crippen LogP contribution is 2.33. The van der Waals surface area contributed by atoms with Gasteiger partial charge in [0.25, 0.3) is 0 Å². The van der Waals surface area contributed by atoms with Crippen LogP contribution >= 0.6 is 15.9 Å². The lowest BCUT2D eigenvalue weighted by Gasteiger charge is -2.13. The van der Waals surface area contributed by atoms with Crippen molar-refractivity contribution in [3.05, 3.63) is 27.2 Å². The molecule has 74 valence electrons. The van der Waals surface area contributed by atoms with Crippen LogP contribution in [0.3, 0.4) is 0 Å². The van der Waals surface area contributed by atoms with E-state index >= 15 is 0 Å². The number of halogens is 1. The third-order valence-electron chi connectivity index (χ3n) is 2.16. The number of aryl methyl sites for hydroxylation is 1. The van der Waals surface area contributed by atoms with Gasteiger partial charge in [-0.3, -0.25) is 0 Å². The fourth-order valence-corrected chi connectivity index (χ4v) is 1.74. The van der Waals surface area contributed by atoms with Crippen molar-refractivity contribution in [1.29, 1.82) is 5.26 Å². The topological polar surface area (TPSA) is 70.0 Å². The Balaban J connectivity index is 3.45. The molecule has 0 saturated carbocycles. The van der Waals surface area contributed by atoms with Gasteiger partial charge in [-0.15, -0.1) is 0 Å². The molecular weight excluding hydrogens is 244 g/mol. The Kier molecular flexibility index (Phi) is 3.14. The Morgan fingerprint density at radius 1 is 1.57 bits per heavy atom. The second kappa shape index (κ2) is 3.99. The zero-order valence-electron chi connectivity index (χ0n) is 8.00. The summed E-state index contributed by atoms with van der Waals surface area (Å²) in [5, 5.41) is 18.3. The summed E-state index contributed by atoms with van der Waals surface area (Å²) in [4.78, 5) is 0. The summed E-state index contributed by atoms with van der Waals surface area (Å²) in [6.45, 7) is 3.70. The monoisotopic (exact) mass is 254 g/mol. The molecule has 0 saturated heterocycles. The largest absolute Gasteiger partial charge is 0.508 e. The maximum absolute atomic E-state index is 9.65. The van der Waals surface area contributed by atoms with Gasteiger partial charge < -0.3 is 10.8 Å². The predicted molar refractivity (Wildman–Crippen MR) is 57.8 cm³/mol. The smallest absolute Gasteiger partial charge is 0.122 e. The molecule has 0 aliphatic carbocycles. The first kappa shape index (κ1) is 11.0. The lowest BCUT2D eigenvalue weighted by atomic mass is 9.99. The van der Waals surface area contributed by atoms with Crippen LogP contribution in [-0.2, 0) is 0 Å². The first-order valence-corrected chi connectivity index (χ1v) is 4.92. The molecule has 0 fully saturated rings. The van der Waals surface area contributed by atoms with Gasteiger partial charge in [-0.05, 0) is 31.0 Å². The summed E-state index contributed by atoms with van der Waals surface area (Å²) in [5.74, 6) is 0.0808. The van der Waals surface area contributed by atoms with E-state index in [1.54, 1.807) is 6.07 Å². The zero-order valence-corrected chi connectivity index (χ0v) is 9.59. The molecule has 0 aliphatic heterocycles. The highest BCUT2D eigenvalue weighted by molar-refractivity contribution is 9.10. The van der Waals surface area contributed by atoms with Crippen LogP contribution in [0.5, 0.6) is 5.75 Å². The molecular formula is C10H11BrN2O. The quantitative estimate of drug-likeness (QED) is 0.808. The van der Waals surface area contributed by atoms with Crippen molar-refractivity contribution in [3.8, 4) is 11.8 Å². The van der Waals surface area contributed by atoms with E-state index in [9.17, 15) is 5.11 Å². The predicted octanol–water partition coefficient (Wildman–Crippen LogP) is 2.29. The lowest BCUT2D eigenvalue weighted by molar-refractivity contribution is 0.465. The van der Waals surface area contributed by atoms with E-state index in [0.717, 1.165) is 15.6 Å². The van der Waals surface area contributed by atoms with E-state index in [2.05, 4.69) is 15.9 Å². The Bertz CT molecular complexity index is 410. The summed E-state index contributed by atoms with van der Waals surface area (Å²) >= 11 is 3.39. The summed E-state index contributed by atoms with van der Waals surface area (Å²) in [6.07, 6.45) is 0. The molecule has 4 heteroatoms. The molecule has 1 rings (SSSR count). The van der Waals surface area contributed by atoms with Crippen LogP contribution < -0.4 is 5.73 Å². The van der Waals surface area contributed by atoms with Gasteiger partial charge in [0.05, 0.1) is 6.07 Å². The van der Waals surface area contributed by atoms with E-state index in [1.807, 2.05) is 19.9 Å². The molecule has 0 amide bonds. The molecule has 0 heterocycles. The fraction of sp³-hybridized carbons (Fsp3) is 0.300. The van der Waals surface area contributed by atoms with Gasteiger partial charge in [-0.25, -0.2) is 0 Å². The molecule has 0 bridgehead atoms. The van der Waals surface area contributed by atoms with Gasteiger partial charge in [0.1, 0.15) is 11.8 Å². The molecule has 1 aromatic rings. The number of nitriles is 1. The number of rotatable bonds is 1. The molecule has 3 nitrogen and oxygen atoms in total. The first-order chi connectivity index (χ1) is 6.49. The lowest BCUT2D eigenvalue weighted by Crippen LogP contribution is -2.10. The van der Waals surface area contributed by atoms with Gasteiger partial charge in [0.2, 0.25) is 0 Å². The number of phenolic OH excluding ortho intramolecular Hbond substituents is 1. The Hall–Kier alpha value is -1.05. The van der Waals surface area contributed by atoms with Gasteiger partial charge >= 0.3 is 0 Å². The maximum Gasteiger partial charge on any atom is 0.122 e. The number of hydrogen-bond donors (Lipinski definition) is 2. The van der Waals surface area contributed by atoms with Crippen molar-refractivity contribution >= 4 is 15.9 Å². The van der Waals surface area contributed by atoms with Crippen LogP contribution in [-0.4, -0.2) is 5.11 Å². The van der Waals surface area contributed by atoms with E-state index in [0.29, 0.717) is 5.56 Å². The van der Waals surface area contributed by atoms with Gasteiger partial charge in [0.15, 0.2) is 0 Å². The van der Waals surface area contributed by atoms with Crippen LogP contribution in [0.4, 0.5) is 0 Å². The van der Waals surface area contributed by atoms with Crippen molar-refractivity contribution in [2.24, 2.45) is 5.73 Å². The summed E-state index contributed by atoms with van der Waals surface area (Å²) in [6, 6.07) is 2.72. The van der Waals surface area contributed by atoms with Crippen molar-refractivity contribution in [1.82, 2.24) is 0 Å². The Labute approximate surface area is 91.3 Å². The molecule has 3 N–H and O–H groups in total. The second-order valence-corrected chi connectivity index (χ2v) is 3.97. The molecule has 14 heavy (non-hydrogen) atoms. The van der Waals surface area contributed by atoms with Crippen molar-refractivity contribution in [2.75, 3.05) is 0 Å². The number of nitrogens with two attached hydrogens (primary N) is 1. The van der Waals surface area contributed by atoms with E-state index < -0.39 is 6.04 Å². The molecule has 1 atom stereocenters. The number of hydrogen-bond acceptors (Lipinski definition) is 3. The Morgan fingerprint density at radius 2 is 2.14 bits per heavy atom. The van der Waals surface area contributed by atoms with Crippen molar-refractivity contribution in [3.63, 3.8) is 0 Å². The molecule has 0 aromatic heterocycles.